The molecule has 68 valence electrons. The van der Waals surface area contributed by atoms with Crippen molar-refractivity contribution in [3.05, 3.63) is 11.1 Å². The minimum absolute atomic E-state index is 0.0897. The second-order valence-electron chi connectivity index (χ2n) is 4.26. The van der Waals surface area contributed by atoms with Gasteiger partial charge in [-0.2, -0.15) is 0 Å². The first-order valence-electron chi connectivity index (χ1n) is 5.19. The Morgan fingerprint density at radius 3 is 2.50 bits per heavy atom. The van der Waals surface area contributed by atoms with Gasteiger partial charge in [0.1, 0.15) is 0 Å². The average molecular weight is 166 g/mol. The monoisotopic (exact) mass is 166 g/mol. The molecular formula is C11H18O. The zero-order valence-corrected chi connectivity index (χ0v) is 7.84. The van der Waals surface area contributed by atoms with Crippen molar-refractivity contribution in [3.8, 4) is 0 Å². The standard InChI is InChI=1S/C11H18O/c1-8-7-11(12)10-6-4-2-3-5-9(8)10/h8,11-12H,2-7H2,1H3. The highest BCUT2D eigenvalue weighted by molar-refractivity contribution is 5.27. The smallest absolute Gasteiger partial charge is 0.0758 e. The zero-order chi connectivity index (χ0) is 8.55. The van der Waals surface area contributed by atoms with E-state index in [0.717, 1.165) is 6.42 Å². The number of aliphatic hydroxyl groups is 1. The first-order valence-corrected chi connectivity index (χ1v) is 5.19. The van der Waals surface area contributed by atoms with Gasteiger partial charge in [0.25, 0.3) is 0 Å². The molecule has 0 heterocycles. The molecule has 0 radical (unpaired) electrons. The van der Waals surface area contributed by atoms with Crippen LogP contribution in [0.3, 0.4) is 0 Å². The van der Waals surface area contributed by atoms with E-state index in [1.807, 2.05) is 0 Å². The fraction of sp³-hybridized carbons (Fsp3) is 0.818. The van der Waals surface area contributed by atoms with Crippen LogP contribution in [-0.4, -0.2) is 11.2 Å². The molecule has 0 saturated heterocycles. The lowest BCUT2D eigenvalue weighted by molar-refractivity contribution is 0.198. The van der Waals surface area contributed by atoms with Gasteiger partial charge in [-0.1, -0.05) is 18.9 Å². The second-order valence-corrected chi connectivity index (χ2v) is 4.26. The van der Waals surface area contributed by atoms with Crippen LogP contribution >= 0.6 is 0 Å². The molecule has 1 N–H and O–H groups in total. The number of hydrogen-bond donors (Lipinski definition) is 1. The van der Waals surface area contributed by atoms with Gasteiger partial charge in [-0.15, -0.1) is 0 Å². The Bertz CT molecular complexity index is 185. The summed E-state index contributed by atoms with van der Waals surface area (Å²) in [4.78, 5) is 0. The molecule has 0 aromatic heterocycles. The Labute approximate surface area is 74.5 Å². The minimum atomic E-state index is -0.0897. The fourth-order valence-electron chi connectivity index (χ4n) is 2.69. The molecule has 12 heavy (non-hydrogen) atoms. The lowest BCUT2D eigenvalue weighted by atomic mass is 9.99. The Hall–Kier alpha value is -0.300. The summed E-state index contributed by atoms with van der Waals surface area (Å²) >= 11 is 0. The predicted molar refractivity (Wildman–Crippen MR) is 49.9 cm³/mol. The highest BCUT2D eigenvalue weighted by Gasteiger charge is 2.29. The number of rotatable bonds is 0. The van der Waals surface area contributed by atoms with Gasteiger partial charge in [0.05, 0.1) is 6.10 Å². The molecule has 2 rings (SSSR count). The molecule has 0 bridgehead atoms. The SMILES string of the molecule is CC1CC(O)C2=C1CCCCC2. The molecule has 1 nitrogen and oxygen atoms in total. The Kier molecular flexibility index (Phi) is 2.22. The molecule has 2 unspecified atom stereocenters. The lowest BCUT2D eigenvalue weighted by Gasteiger charge is -2.06. The topological polar surface area (TPSA) is 20.2 Å². The molecular weight excluding hydrogens is 148 g/mol. The quantitative estimate of drug-likeness (QED) is 0.548. The van der Waals surface area contributed by atoms with E-state index in [9.17, 15) is 5.11 Å². The van der Waals surface area contributed by atoms with Crippen molar-refractivity contribution in [1.29, 1.82) is 0 Å². The third kappa shape index (κ3) is 1.31. The van der Waals surface area contributed by atoms with Gasteiger partial charge < -0.3 is 5.11 Å². The number of aliphatic hydroxyl groups excluding tert-OH is 1. The van der Waals surface area contributed by atoms with Gasteiger partial charge in [-0.25, -0.2) is 0 Å². The van der Waals surface area contributed by atoms with E-state index >= 15 is 0 Å². The molecule has 0 fully saturated rings. The molecule has 0 aliphatic heterocycles. The summed E-state index contributed by atoms with van der Waals surface area (Å²) in [6, 6.07) is 0. The summed E-state index contributed by atoms with van der Waals surface area (Å²) in [5, 5.41) is 9.76. The molecule has 2 aliphatic rings. The number of allylic oxidation sites excluding steroid dienone is 1. The molecule has 0 aromatic rings. The van der Waals surface area contributed by atoms with E-state index in [-0.39, 0.29) is 6.10 Å². The summed E-state index contributed by atoms with van der Waals surface area (Å²) in [5.74, 6) is 0.660. The van der Waals surface area contributed by atoms with Crippen molar-refractivity contribution >= 4 is 0 Å². The van der Waals surface area contributed by atoms with Crippen LogP contribution in [0.4, 0.5) is 0 Å². The van der Waals surface area contributed by atoms with Crippen LogP contribution in [-0.2, 0) is 0 Å². The average Bonchev–Trinajstić information content (AvgIpc) is 2.29. The maximum Gasteiger partial charge on any atom is 0.0758 e. The van der Waals surface area contributed by atoms with Crippen LogP contribution in [0, 0.1) is 5.92 Å². The van der Waals surface area contributed by atoms with E-state index in [1.54, 1.807) is 5.57 Å². The van der Waals surface area contributed by atoms with Gasteiger partial charge in [-0.3, -0.25) is 0 Å². The first kappa shape index (κ1) is 8.31. The molecule has 0 amide bonds. The van der Waals surface area contributed by atoms with Gasteiger partial charge in [0.2, 0.25) is 0 Å². The third-order valence-electron chi connectivity index (χ3n) is 3.38. The van der Waals surface area contributed by atoms with E-state index < -0.39 is 0 Å². The molecule has 0 saturated carbocycles. The van der Waals surface area contributed by atoms with E-state index in [0.29, 0.717) is 5.92 Å². The van der Waals surface area contributed by atoms with Crippen LogP contribution in [0.2, 0.25) is 0 Å². The van der Waals surface area contributed by atoms with Crippen molar-refractivity contribution in [2.45, 2.75) is 51.6 Å². The molecule has 2 atom stereocenters. The Morgan fingerprint density at radius 2 is 1.75 bits per heavy atom. The maximum absolute atomic E-state index is 9.76. The van der Waals surface area contributed by atoms with Gasteiger partial charge in [0.15, 0.2) is 0 Å². The predicted octanol–water partition coefficient (Wildman–Crippen LogP) is 2.65. The highest BCUT2D eigenvalue weighted by Crippen LogP contribution is 2.39. The van der Waals surface area contributed by atoms with Crippen LogP contribution < -0.4 is 0 Å². The summed E-state index contributed by atoms with van der Waals surface area (Å²) < 4.78 is 0. The first-order chi connectivity index (χ1) is 5.79. The Balaban J connectivity index is 2.21. The second kappa shape index (κ2) is 3.21. The fourth-order valence-corrected chi connectivity index (χ4v) is 2.69. The van der Waals surface area contributed by atoms with Crippen molar-refractivity contribution in [2.24, 2.45) is 5.92 Å². The van der Waals surface area contributed by atoms with Crippen molar-refractivity contribution < 1.29 is 5.11 Å². The molecule has 0 aromatic carbocycles. The zero-order valence-electron chi connectivity index (χ0n) is 7.84. The number of hydrogen-bond acceptors (Lipinski definition) is 1. The summed E-state index contributed by atoms with van der Waals surface area (Å²) in [7, 11) is 0. The van der Waals surface area contributed by atoms with E-state index in [2.05, 4.69) is 6.92 Å². The van der Waals surface area contributed by atoms with E-state index in [1.165, 1.54) is 37.7 Å². The third-order valence-corrected chi connectivity index (χ3v) is 3.38. The summed E-state index contributed by atoms with van der Waals surface area (Å²) in [6.07, 6.45) is 7.32. The summed E-state index contributed by atoms with van der Waals surface area (Å²) in [5.41, 5.74) is 3.00. The lowest BCUT2D eigenvalue weighted by Crippen LogP contribution is -2.05. The van der Waals surface area contributed by atoms with Crippen molar-refractivity contribution in [3.63, 3.8) is 0 Å². The van der Waals surface area contributed by atoms with E-state index in [4.69, 9.17) is 0 Å². The highest BCUT2D eigenvalue weighted by atomic mass is 16.3. The maximum atomic E-state index is 9.76. The largest absolute Gasteiger partial charge is 0.389 e. The molecule has 2 aliphatic carbocycles. The van der Waals surface area contributed by atoms with Crippen LogP contribution in [0.1, 0.15) is 45.4 Å². The van der Waals surface area contributed by atoms with Crippen LogP contribution in [0.25, 0.3) is 0 Å². The van der Waals surface area contributed by atoms with Crippen molar-refractivity contribution in [2.75, 3.05) is 0 Å². The van der Waals surface area contributed by atoms with Gasteiger partial charge in [0, 0.05) is 0 Å². The van der Waals surface area contributed by atoms with Crippen LogP contribution in [0.15, 0.2) is 11.1 Å². The molecule has 0 spiro atoms. The minimum Gasteiger partial charge on any atom is -0.389 e. The summed E-state index contributed by atoms with van der Waals surface area (Å²) in [6.45, 7) is 2.26. The van der Waals surface area contributed by atoms with Gasteiger partial charge in [-0.05, 0) is 43.6 Å². The van der Waals surface area contributed by atoms with Crippen molar-refractivity contribution in [1.82, 2.24) is 0 Å². The van der Waals surface area contributed by atoms with Crippen LogP contribution in [0.5, 0.6) is 0 Å². The molecule has 1 heteroatoms. The Morgan fingerprint density at radius 1 is 1.08 bits per heavy atom. The van der Waals surface area contributed by atoms with Gasteiger partial charge >= 0.3 is 0 Å². The normalized spacial score (nSPS) is 36.5.